The Morgan fingerprint density at radius 2 is 0.698 bits per heavy atom. The fraction of sp³-hybridized carbons (Fsp3) is 0.877. The van der Waals surface area contributed by atoms with Crippen molar-refractivity contribution in [1.29, 1.82) is 0 Å². The zero-order valence-corrected chi connectivity index (χ0v) is 42.1. The summed E-state index contributed by atoms with van der Waals surface area (Å²) in [4.78, 5) is 12.6. The summed E-state index contributed by atoms with van der Waals surface area (Å²) in [6.07, 6.45) is 63.6. The van der Waals surface area contributed by atoms with Crippen LogP contribution in [0.3, 0.4) is 0 Å². The molecular weight excluding hydrogens is 779 g/mol. The Bertz CT molecular complexity index is 997. The van der Waals surface area contributed by atoms with E-state index in [1.807, 2.05) is 0 Å². The van der Waals surface area contributed by atoms with Crippen LogP contribution in [0.2, 0.25) is 0 Å². The van der Waals surface area contributed by atoms with Gasteiger partial charge >= 0.3 is 0 Å². The number of carbonyl (C=O) groups excluding carboxylic acids is 1. The highest BCUT2D eigenvalue weighted by molar-refractivity contribution is 5.80. The molecule has 0 spiro atoms. The Hall–Kier alpha value is -1.47. The lowest BCUT2D eigenvalue weighted by atomic mass is 10.00. The molecule has 0 heterocycles. The van der Waals surface area contributed by atoms with Gasteiger partial charge in [-0.2, -0.15) is 0 Å². The van der Waals surface area contributed by atoms with E-state index in [0.717, 1.165) is 44.9 Å². The average Bonchev–Trinajstić information content (AvgIpc) is 3.29. The van der Waals surface area contributed by atoms with E-state index in [4.69, 9.17) is 0 Å². The van der Waals surface area contributed by atoms with Gasteiger partial charge in [-0.15, -0.1) is 0 Å². The standard InChI is InChI=1S/C57H109NO5/c1-3-5-7-9-11-13-15-17-19-20-21-22-23-24-25-26-27-28-29-30-31-32-33-34-35-37-39-41-43-45-47-49-51-55(61)57(63)58-53(52-59)56(62)54(60)50-48-46-44-42-40-38-36-18-16-14-12-10-8-6-4-2/h21-22,24-25,42,44,53-56,59-62H,3-20,23,26-41,43,45-52H2,1-2H3,(H,58,63)/b22-21-,25-24-,44-42+. The maximum Gasteiger partial charge on any atom is 0.249 e. The molecule has 0 aliphatic carbocycles. The molecule has 0 radical (unpaired) electrons. The van der Waals surface area contributed by atoms with Crippen molar-refractivity contribution in [2.24, 2.45) is 0 Å². The Labute approximate surface area is 392 Å². The van der Waals surface area contributed by atoms with Gasteiger partial charge in [0.2, 0.25) is 5.91 Å². The molecule has 5 N–H and O–H groups in total. The van der Waals surface area contributed by atoms with Crippen molar-refractivity contribution >= 4 is 5.91 Å². The summed E-state index contributed by atoms with van der Waals surface area (Å²) in [6, 6.07) is -1.00. The van der Waals surface area contributed by atoms with Crippen molar-refractivity contribution in [1.82, 2.24) is 5.32 Å². The van der Waals surface area contributed by atoms with Crippen LogP contribution in [0.1, 0.15) is 290 Å². The van der Waals surface area contributed by atoms with Crippen LogP contribution in [-0.2, 0) is 4.79 Å². The van der Waals surface area contributed by atoms with Gasteiger partial charge in [-0.05, 0) is 70.6 Å². The second-order valence-electron chi connectivity index (χ2n) is 19.3. The lowest BCUT2D eigenvalue weighted by Gasteiger charge is -2.27. The highest BCUT2D eigenvalue weighted by atomic mass is 16.3. The monoisotopic (exact) mass is 888 g/mol. The van der Waals surface area contributed by atoms with Gasteiger partial charge in [0.1, 0.15) is 12.2 Å². The maximum atomic E-state index is 12.6. The molecule has 0 aromatic carbocycles. The SMILES string of the molecule is CCCCCCCCCCC/C=C\C/C=C\CCCCCCCCCCCCCCCCCCC(O)C(=O)NC(CO)C(O)C(O)CCC/C=C/CCCCCCCCCCCC. The molecule has 0 fully saturated rings. The van der Waals surface area contributed by atoms with Crippen LogP contribution in [0, 0.1) is 0 Å². The molecule has 0 saturated carbocycles. The number of hydrogen-bond acceptors (Lipinski definition) is 5. The molecule has 6 nitrogen and oxygen atoms in total. The van der Waals surface area contributed by atoms with E-state index in [-0.39, 0.29) is 0 Å². The zero-order valence-electron chi connectivity index (χ0n) is 42.1. The molecule has 0 aliphatic heterocycles. The average molecular weight is 889 g/mol. The summed E-state index contributed by atoms with van der Waals surface area (Å²) in [5.41, 5.74) is 0. The fourth-order valence-electron chi connectivity index (χ4n) is 8.67. The van der Waals surface area contributed by atoms with Crippen molar-refractivity contribution < 1.29 is 25.2 Å². The smallest absolute Gasteiger partial charge is 0.249 e. The molecule has 372 valence electrons. The molecule has 0 bridgehead atoms. The molecule has 0 aliphatic rings. The van der Waals surface area contributed by atoms with Crippen molar-refractivity contribution in [2.75, 3.05) is 6.61 Å². The quantitative estimate of drug-likeness (QED) is 0.0309. The topological polar surface area (TPSA) is 110 Å². The molecular formula is C57H109NO5. The number of aliphatic hydroxyl groups excluding tert-OH is 4. The molecule has 6 heteroatoms. The van der Waals surface area contributed by atoms with Crippen molar-refractivity contribution in [3.63, 3.8) is 0 Å². The number of nitrogens with one attached hydrogen (secondary N) is 1. The molecule has 0 aromatic heterocycles. The minimum Gasteiger partial charge on any atom is -0.394 e. The highest BCUT2D eigenvalue weighted by Gasteiger charge is 2.28. The first-order valence-electron chi connectivity index (χ1n) is 27.9. The zero-order chi connectivity index (χ0) is 45.9. The molecule has 0 saturated heterocycles. The number of amides is 1. The minimum absolute atomic E-state index is 0.364. The lowest BCUT2D eigenvalue weighted by Crippen LogP contribution is -2.53. The molecule has 63 heavy (non-hydrogen) atoms. The third kappa shape index (κ3) is 45.5. The largest absolute Gasteiger partial charge is 0.394 e. The Balaban J connectivity index is 3.60. The van der Waals surface area contributed by atoms with Gasteiger partial charge in [0.15, 0.2) is 0 Å². The van der Waals surface area contributed by atoms with Crippen LogP contribution in [0.5, 0.6) is 0 Å². The van der Waals surface area contributed by atoms with Crippen LogP contribution in [0.4, 0.5) is 0 Å². The first-order chi connectivity index (χ1) is 31.0. The molecule has 0 rings (SSSR count). The minimum atomic E-state index is -1.28. The normalized spacial score (nSPS) is 14.1. The lowest BCUT2D eigenvalue weighted by molar-refractivity contribution is -0.132. The van der Waals surface area contributed by atoms with E-state index >= 15 is 0 Å². The van der Waals surface area contributed by atoms with Crippen molar-refractivity contribution in [3.8, 4) is 0 Å². The summed E-state index contributed by atoms with van der Waals surface area (Å²) >= 11 is 0. The summed E-state index contributed by atoms with van der Waals surface area (Å²) in [7, 11) is 0. The second-order valence-corrected chi connectivity index (χ2v) is 19.3. The highest BCUT2D eigenvalue weighted by Crippen LogP contribution is 2.17. The number of aliphatic hydroxyl groups is 4. The van der Waals surface area contributed by atoms with Crippen molar-refractivity contribution in [3.05, 3.63) is 36.5 Å². The number of hydrogen-bond donors (Lipinski definition) is 5. The first kappa shape index (κ1) is 61.5. The molecule has 1 amide bonds. The summed E-state index contributed by atoms with van der Waals surface area (Å²) < 4.78 is 0. The van der Waals surface area contributed by atoms with E-state index in [1.54, 1.807) is 0 Å². The van der Waals surface area contributed by atoms with Gasteiger partial charge in [-0.1, -0.05) is 256 Å². The predicted molar refractivity (Wildman–Crippen MR) is 274 cm³/mol. The summed E-state index contributed by atoms with van der Waals surface area (Å²) in [5.74, 6) is -0.591. The molecule has 4 unspecified atom stereocenters. The van der Waals surface area contributed by atoms with Crippen molar-refractivity contribution in [2.45, 2.75) is 314 Å². The van der Waals surface area contributed by atoms with Crippen LogP contribution < -0.4 is 5.32 Å². The van der Waals surface area contributed by atoms with E-state index in [9.17, 15) is 25.2 Å². The van der Waals surface area contributed by atoms with E-state index in [0.29, 0.717) is 12.8 Å². The Morgan fingerprint density at radius 3 is 1.05 bits per heavy atom. The number of allylic oxidation sites excluding steroid dienone is 6. The second kappa shape index (κ2) is 51.5. The van der Waals surface area contributed by atoms with Gasteiger partial charge in [-0.25, -0.2) is 0 Å². The van der Waals surface area contributed by atoms with E-state index < -0.39 is 36.9 Å². The van der Waals surface area contributed by atoms with Gasteiger partial charge in [0.05, 0.1) is 18.8 Å². The van der Waals surface area contributed by atoms with Gasteiger partial charge in [0, 0.05) is 0 Å². The predicted octanol–water partition coefficient (Wildman–Crippen LogP) is 16.0. The summed E-state index contributed by atoms with van der Waals surface area (Å²) in [5, 5.41) is 43.8. The van der Waals surface area contributed by atoms with E-state index in [1.165, 1.54) is 218 Å². The fourth-order valence-corrected chi connectivity index (χ4v) is 8.67. The van der Waals surface area contributed by atoms with Crippen LogP contribution in [0.25, 0.3) is 0 Å². The van der Waals surface area contributed by atoms with Gasteiger partial charge in [-0.3, -0.25) is 4.79 Å². The van der Waals surface area contributed by atoms with Crippen LogP contribution >= 0.6 is 0 Å². The molecule has 4 atom stereocenters. The van der Waals surface area contributed by atoms with E-state index in [2.05, 4.69) is 55.6 Å². The maximum absolute atomic E-state index is 12.6. The number of carbonyl (C=O) groups is 1. The number of rotatable bonds is 51. The van der Waals surface area contributed by atoms with Gasteiger partial charge < -0.3 is 25.7 Å². The van der Waals surface area contributed by atoms with Crippen LogP contribution in [-0.4, -0.2) is 57.3 Å². The first-order valence-corrected chi connectivity index (χ1v) is 27.9. The third-order valence-corrected chi connectivity index (χ3v) is 13.1. The van der Waals surface area contributed by atoms with Gasteiger partial charge in [0.25, 0.3) is 0 Å². The Kier molecular flexibility index (Phi) is 50.3. The number of unbranched alkanes of at least 4 members (excludes halogenated alkanes) is 36. The van der Waals surface area contributed by atoms with Crippen LogP contribution in [0.15, 0.2) is 36.5 Å². The molecule has 0 aromatic rings. The Morgan fingerprint density at radius 1 is 0.397 bits per heavy atom. The third-order valence-electron chi connectivity index (χ3n) is 13.1. The summed E-state index contributed by atoms with van der Waals surface area (Å²) in [6.45, 7) is 4.06.